The molecule has 0 fully saturated rings. The molecule has 0 amide bonds. The zero-order valence-corrected chi connectivity index (χ0v) is 6.36. The van der Waals surface area contributed by atoms with E-state index >= 15 is 0 Å². The van der Waals surface area contributed by atoms with Gasteiger partial charge >= 0.3 is 0 Å². The lowest BCUT2D eigenvalue weighted by Crippen LogP contribution is -1.99. The molecule has 2 nitrogen and oxygen atoms in total. The van der Waals surface area contributed by atoms with Crippen molar-refractivity contribution >= 4 is 11.7 Å². The van der Waals surface area contributed by atoms with Gasteiger partial charge in [-0.15, -0.1) is 0 Å². The zero-order chi connectivity index (χ0) is 7.44. The van der Waals surface area contributed by atoms with E-state index in [1.54, 1.807) is 11.5 Å². The molecule has 0 radical (unpaired) electrons. The van der Waals surface area contributed by atoms with Gasteiger partial charge in [-0.05, 0) is 13.8 Å². The smallest absolute Gasteiger partial charge is 0.173 e. The Bertz CT molecular complexity index is 181. The second-order valence-corrected chi connectivity index (χ2v) is 2.19. The van der Waals surface area contributed by atoms with Crippen LogP contribution in [0.5, 0.6) is 0 Å². The van der Waals surface area contributed by atoms with Crippen LogP contribution in [0.25, 0.3) is 0 Å². The van der Waals surface area contributed by atoms with Crippen molar-refractivity contribution in [1.82, 2.24) is 0 Å². The molecule has 0 spiro atoms. The molecule has 0 aromatic carbocycles. The third-order valence-corrected chi connectivity index (χ3v) is 0.919. The fraction of sp³-hybridized carbons (Fsp3) is 0.571. The van der Waals surface area contributed by atoms with Crippen molar-refractivity contribution in [3.05, 3.63) is 5.57 Å². The van der Waals surface area contributed by atoms with Crippen LogP contribution in [0.2, 0.25) is 0 Å². The SMILES string of the molecule is CC(=O)C(C)=C=[N+](C)C. The molecule has 0 atom stereocenters. The first kappa shape index (κ1) is 8.12. The van der Waals surface area contributed by atoms with Gasteiger partial charge in [0.1, 0.15) is 14.1 Å². The van der Waals surface area contributed by atoms with Crippen molar-refractivity contribution in [2.24, 2.45) is 0 Å². The Hall–Kier alpha value is -0.880. The number of hydrogen-bond donors (Lipinski definition) is 0. The van der Waals surface area contributed by atoms with Crippen LogP contribution in [-0.2, 0) is 4.79 Å². The minimum absolute atomic E-state index is 0.0729. The summed E-state index contributed by atoms with van der Waals surface area (Å²) in [5.41, 5.74) is 0.667. The molecule has 0 aromatic rings. The molecule has 0 saturated carbocycles. The van der Waals surface area contributed by atoms with Gasteiger partial charge in [0.15, 0.2) is 11.7 Å². The van der Waals surface area contributed by atoms with E-state index < -0.39 is 0 Å². The maximum Gasteiger partial charge on any atom is 0.173 e. The highest BCUT2D eigenvalue weighted by molar-refractivity contribution is 5.99. The molecule has 0 rings (SSSR count). The maximum absolute atomic E-state index is 10.6. The molecule has 0 bridgehead atoms. The molecule has 50 valence electrons. The summed E-state index contributed by atoms with van der Waals surface area (Å²) in [6.07, 6.45) is 0. The Morgan fingerprint density at radius 3 is 1.89 bits per heavy atom. The normalized spacial score (nSPS) is 8.00. The average molecular weight is 126 g/mol. The van der Waals surface area contributed by atoms with Gasteiger partial charge in [-0.3, -0.25) is 4.79 Å². The van der Waals surface area contributed by atoms with Gasteiger partial charge in [-0.1, -0.05) is 0 Å². The van der Waals surface area contributed by atoms with Crippen LogP contribution in [0.4, 0.5) is 0 Å². The Kier molecular flexibility index (Phi) is 2.89. The molecule has 0 heterocycles. The van der Waals surface area contributed by atoms with E-state index in [1.165, 1.54) is 6.92 Å². The summed E-state index contributed by atoms with van der Waals surface area (Å²) in [5, 5.41) is 0. The Morgan fingerprint density at radius 2 is 1.78 bits per heavy atom. The predicted molar refractivity (Wildman–Crippen MR) is 37.0 cm³/mol. The largest absolute Gasteiger partial charge is 0.294 e. The highest BCUT2D eigenvalue weighted by Gasteiger charge is 1.95. The molecule has 0 aliphatic rings. The standard InChI is InChI=1S/C7H12NO/c1-6(7(2)9)5-8(3)4/h1-4H3/q+1. The third-order valence-electron chi connectivity index (χ3n) is 0.919. The van der Waals surface area contributed by atoms with E-state index in [1.807, 2.05) is 14.1 Å². The van der Waals surface area contributed by atoms with Crippen LogP contribution in [0.15, 0.2) is 5.57 Å². The van der Waals surface area contributed by atoms with Crippen LogP contribution in [-0.4, -0.2) is 30.3 Å². The van der Waals surface area contributed by atoms with E-state index in [9.17, 15) is 4.79 Å². The summed E-state index contributed by atoms with van der Waals surface area (Å²) < 4.78 is 1.73. The van der Waals surface area contributed by atoms with Crippen molar-refractivity contribution in [2.75, 3.05) is 14.1 Å². The first-order valence-corrected chi connectivity index (χ1v) is 2.82. The molecule has 0 aliphatic carbocycles. The average Bonchev–Trinajstić information content (AvgIpc) is 1.63. The monoisotopic (exact) mass is 126 g/mol. The Labute approximate surface area is 55.5 Å². The van der Waals surface area contributed by atoms with Gasteiger partial charge in [-0.25, -0.2) is 0 Å². The lowest BCUT2D eigenvalue weighted by molar-refractivity contribution is -0.456. The highest BCUT2D eigenvalue weighted by atomic mass is 16.1. The maximum atomic E-state index is 10.6. The summed E-state index contributed by atoms with van der Waals surface area (Å²) >= 11 is 0. The number of hydrogen-bond acceptors (Lipinski definition) is 1. The number of allylic oxidation sites excluding steroid dienone is 1. The van der Waals surface area contributed by atoms with E-state index in [2.05, 4.69) is 5.87 Å². The van der Waals surface area contributed by atoms with Crippen LogP contribution in [0, 0.1) is 0 Å². The van der Waals surface area contributed by atoms with Crippen LogP contribution in [0.3, 0.4) is 0 Å². The molecule has 2 heteroatoms. The zero-order valence-electron chi connectivity index (χ0n) is 6.36. The Morgan fingerprint density at radius 1 is 1.33 bits per heavy atom. The van der Waals surface area contributed by atoms with Crippen LogP contribution >= 0.6 is 0 Å². The quantitative estimate of drug-likeness (QED) is 0.284. The highest BCUT2D eigenvalue weighted by Crippen LogP contribution is 1.84. The van der Waals surface area contributed by atoms with Crippen LogP contribution < -0.4 is 0 Å². The first-order valence-electron chi connectivity index (χ1n) is 2.82. The fourth-order valence-corrected chi connectivity index (χ4v) is 0.414. The second-order valence-electron chi connectivity index (χ2n) is 2.19. The van der Waals surface area contributed by atoms with Crippen molar-refractivity contribution in [2.45, 2.75) is 13.8 Å². The second kappa shape index (κ2) is 3.21. The number of carbonyl (C=O) groups excluding carboxylic acids is 1. The number of carbonyl (C=O) groups is 1. The summed E-state index contributed by atoms with van der Waals surface area (Å²) in [6.45, 7) is 3.29. The lowest BCUT2D eigenvalue weighted by Gasteiger charge is -1.81. The molecular weight excluding hydrogens is 114 g/mol. The molecular formula is C7H12NO+. The van der Waals surface area contributed by atoms with Gasteiger partial charge in [0.2, 0.25) is 0 Å². The molecule has 0 saturated heterocycles. The minimum Gasteiger partial charge on any atom is -0.294 e. The number of nitrogens with zero attached hydrogens (tertiary/aromatic N) is 1. The molecule has 0 unspecified atom stereocenters. The summed E-state index contributed by atoms with van der Waals surface area (Å²) in [4.78, 5) is 10.6. The van der Waals surface area contributed by atoms with E-state index in [0.717, 1.165) is 0 Å². The molecule has 0 N–H and O–H groups in total. The molecule has 9 heavy (non-hydrogen) atoms. The summed E-state index contributed by atoms with van der Waals surface area (Å²) in [5.74, 6) is 2.92. The van der Waals surface area contributed by atoms with Gasteiger partial charge in [0, 0.05) is 0 Å². The number of ketones is 1. The Balaban J connectivity index is 4.55. The summed E-state index contributed by atoms with van der Waals surface area (Å²) in [7, 11) is 3.68. The van der Waals surface area contributed by atoms with Gasteiger partial charge in [-0.2, -0.15) is 4.58 Å². The molecule has 0 aliphatic heterocycles. The lowest BCUT2D eigenvalue weighted by atomic mass is 10.2. The van der Waals surface area contributed by atoms with Crippen molar-refractivity contribution in [1.29, 1.82) is 0 Å². The topological polar surface area (TPSA) is 20.1 Å². The first-order chi connectivity index (χ1) is 4.04. The summed E-state index contributed by atoms with van der Waals surface area (Å²) in [6, 6.07) is 0. The van der Waals surface area contributed by atoms with E-state index in [0.29, 0.717) is 5.57 Å². The minimum atomic E-state index is 0.0729. The van der Waals surface area contributed by atoms with Crippen molar-refractivity contribution in [3.8, 4) is 0 Å². The van der Waals surface area contributed by atoms with Gasteiger partial charge < -0.3 is 0 Å². The third kappa shape index (κ3) is 3.68. The van der Waals surface area contributed by atoms with Crippen LogP contribution in [0.1, 0.15) is 13.8 Å². The fourth-order valence-electron chi connectivity index (χ4n) is 0.414. The van der Waals surface area contributed by atoms with E-state index in [4.69, 9.17) is 0 Å². The van der Waals surface area contributed by atoms with Gasteiger partial charge in [0.05, 0.1) is 5.57 Å². The predicted octanol–water partition coefficient (Wildman–Crippen LogP) is 0.464. The number of Topliss-reactive ketones (excluding diaryl/α,β-unsaturated/α-hetero) is 1. The number of rotatable bonds is 1. The van der Waals surface area contributed by atoms with Crippen molar-refractivity contribution in [3.63, 3.8) is 0 Å². The van der Waals surface area contributed by atoms with Crippen molar-refractivity contribution < 1.29 is 9.37 Å². The van der Waals surface area contributed by atoms with E-state index in [-0.39, 0.29) is 5.78 Å². The molecule has 0 aromatic heterocycles. The van der Waals surface area contributed by atoms with Gasteiger partial charge in [0.25, 0.3) is 0 Å².